The van der Waals surface area contributed by atoms with Crippen LogP contribution in [-0.2, 0) is 0 Å². The number of benzene rings is 1. The van der Waals surface area contributed by atoms with Crippen molar-refractivity contribution < 1.29 is 4.79 Å². The SMILES string of the molecule is O=C(N[C@@H]1CCNC1)c1cc2ccccc2s1. The lowest BCUT2D eigenvalue weighted by molar-refractivity contribution is 0.0944. The van der Waals surface area contributed by atoms with Crippen LogP contribution in [0.5, 0.6) is 0 Å². The van der Waals surface area contributed by atoms with Crippen LogP contribution in [0.2, 0.25) is 0 Å². The van der Waals surface area contributed by atoms with E-state index in [0.717, 1.165) is 29.8 Å². The number of amides is 1. The number of hydrogen-bond donors (Lipinski definition) is 2. The van der Waals surface area contributed by atoms with E-state index >= 15 is 0 Å². The van der Waals surface area contributed by atoms with E-state index in [1.165, 1.54) is 4.70 Å². The van der Waals surface area contributed by atoms with E-state index in [0.29, 0.717) is 0 Å². The predicted octanol–water partition coefficient (Wildman–Crippen LogP) is 1.99. The van der Waals surface area contributed by atoms with Crippen molar-refractivity contribution in [2.45, 2.75) is 12.5 Å². The maximum absolute atomic E-state index is 12.0. The fourth-order valence-electron chi connectivity index (χ4n) is 2.13. The zero-order valence-electron chi connectivity index (χ0n) is 9.40. The summed E-state index contributed by atoms with van der Waals surface area (Å²) in [5.74, 6) is 0.0555. The third kappa shape index (κ3) is 2.18. The molecule has 2 heterocycles. The van der Waals surface area contributed by atoms with Gasteiger partial charge in [0.15, 0.2) is 0 Å². The molecule has 0 bridgehead atoms. The molecule has 0 spiro atoms. The highest BCUT2D eigenvalue weighted by Crippen LogP contribution is 2.25. The standard InChI is InChI=1S/C13H14N2OS/c16-13(15-10-5-6-14-8-10)12-7-9-3-1-2-4-11(9)17-12/h1-4,7,10,14H,5-6,8H2,(H,15,16)/t10-/m1/s1. The van der Waals surface area contributed by atoms with Gasteiger partial charge in [0, 0.05) is 17.3 Å². The summed E-state index contributed by atoms with van der Waals surface area (Å²) in [6.45, 7) is 1.88. The zero-order valence-corrected chi connectivity index (χ0v) is 10.2. The Morgan fingerprint density at radius 1 is 1.41 bits per heavy atom. The summed E-state index contributed by atoms with van der Waals surface area (Å²) >= 11 is 1.56. The highest BCUT2D eigenvalue weighted by Gasteiger charge is 2.18. The lowest BCUT2D eigenvalue weighted by Gasteiger charge is -2.09. The monoisotopic (exact) mass is 246 g/mol. The molecule has 0 radical (unpaired) electrons. The molecule has 0 saturated carbocycles. The first kappa shape index (κ1) is 10.7. The van der Waals surface area contributed by atoms with E-state index in [-0.39, 0.29) is 11.9 Å². The van der Waals surface area contributed by atoms with Crippen LogP contribution in [0.1, 0.15) is 16.1 Å². The number of thiophene rings is 1. The summed E-state index contributed by atoms with van der Waals surface area (Å²) in [5, 5.41) is 7.46. The minimum atomic E-state index is 0.0555. The topological polar surface area (TPSA) is 41.1 Å². The number of carbonyl (C=O) groups is 1. The molecule has 1 fully saturated rings. The molecule has 4 heteroatoms. The molecular formula is C13H14N2OS. The van der Waals surface area contributed by atoms with Crippen molar-refractivity contribution >= 4 is 27.3 Å². The Hall–Kier alpha value is -1.39. The van der Waals surface area contributed by atoms with Gasteiger partial charge in [-0.15, -0.1) is 11.3 Å². The molecule has 1 aliphatic heterocycles. The lowest BCUT2D eigenvalue weighted by atomic mass is 10.2. The van der Waals surface area contributed by atoms with Crippen LogP contribution >= 0.6 is 11.3 Å². The fourth-order valence-corrected chi connectivity index (χ4v) is 3.09. The zero-order chi connectivity index (χ0) is 11.7. The van der Waals surface area contributed by atoms with Crippen molar-refractivity contribution in [3.63, 3.8) is 0 Å². The van der Waals surface area contributed by atoms with Crippen LogP contribution in [0.25, 0.3) is 10.1 Å². The van der Waals surface area contributed by atoms with Gasteiger partial charge in [0.1, 0.15) is 0 Å². The fraction of sp³-hybridized carbons (Fsp3) is 0.308. The van der Waals surface area contributed by atoms with E-state index in [4.69, 9.17) is 0 Å². The first-order valence-corrected chi connectivity index (χ1v) is 6.65. The minimum absolute atomic E-state index is 0.0555. The number of rotatable bonds is 2. The van der Waals surface area contributed by atoms with Crippen molar-refractivity contribution in [3.8, 4) is 0 Å². The molecule has 2 aromatic rings. The van der Waals surface area contributed by atoms with Crippen LogP contribution in [0, 0.1) is 0 Å². The molecule has 1 aromatic heterocycles. The summed E-state index contributed by atoms with van der Waals surface area (Å²) in [6, 6.07) is 10.3. The van der Waals surface area contributed by atoms with Gasteiger partial charge >= 0.3 is 0 Å². The van der Waals surface area contributed by atoms with Crippen LogP contribution in [0.15, 0.2) is 30.3 Å². The van der Waals surface area contributed by atoms with Crippen molar-refractivity contribution in [1.29, 1.82) is 0 Å². The van der Waals surface area contributed by atoms with Crippen molar-refractivity contribution in [1.82, 2.24) is 10.6 Å². The Labute approximate surface area is 104 Å². The largest absolute Gasteiger partial charge is 0.347 e. The van der Waals surface area contributed by atoms with E-state index in [1.807, 2.05) is 30.3 Å². The Kier molecular flexibility index (Phi) is 2.82. The predicted molar refractivity (Wildman–Crippen MR) is 70.6 cm³/mol. The van der Waals surface area contributed by atoms with Gasteiger partial charge in [-0.05, 0) is 30.5 Å². The normalized spacial score (nSPS) is 19.6. The first-order chi connectivity index (χ1) is 8.33. The smallest absolute Gasteiger partial charge is 0.261 e. The summed E-state index contributed by atoms with van der Waals surface area (Å²) < 4.78 is 1.17. The minimum Gasteiger partial charge on any atom is -0.347 e. The molecule has 0 unspecified atom stereocenters. The van der Waals surface area contributed by atoms with Crippen LogP contribution in [0.4, 0.5) is 0 Å². The van der Waals surface area contributed by atoms with Crippen LogP contribution in [-0.4, -0.2) is 25.0 Å². The number of carbonyl (C=O) groups excluding carboxylic acids is 1. The summed E-state index contributed by atoms with van der Waals surface area (Å²) in [4.78, 5) is 12.8. The Morgan fingerprint density at radius 2 is 2.29 bits per heavy atom. The van der Waals surface area contributed by atoms with Gasteiger partial charge in [0.25, 0.3) is 5.91 Å². The maximum atomic E-state index is 12.0. The number of hydrogen-bond acceptors (Lipinski definition) is 3. The van der Waals surface area contributed by atoms with Crippen molar-refractivity contribution in [2.24, 2.45) is 0 Å². The van der Waals surface area contributed by atoms with Gasteiger partial charge in [0.05, 0.1) is 4.88 Å². The second kappa shape index (κ2) is 4.47. The van der Waals surface area contributed by atoms with Gasteiger partial charge < -0.3 is 10.6 Å². The summed E-state index contributed by atoms with van der Waals surface area (Å²) in [5.41, 5.74) is 0. The van der Waals surface area contributed by atoms with Gasteiger partial charge in [-0.25, -0.2) is 0 Å². The molecule has 1 atom stereocenters. The van der Waals surface area contributed by atoms with Gasteiger partial charge in [-0.3, -0.25) is 4.79 Å². The molecule has 88 valence electrons. The van der Waals surface area contributed by atoms with E-state index < -0.39 is 0 Å². The molecule has 1 saturated heterocycles. The Morgan fingerprint density at radius 3 is 3.06 bits per heavy atom. The van der Waals surface area contributed by atoms with Gasteiger partial charge in [-0.2, -0.15) is 0 Å². The molecule has 1 aliphatic rings. The molecule has 2 N–H and O–H groups in total. The van der Waals surface area contributed by atoms with Crippen LogP contribution < -0.4 is 10.6 Å². The second-order valence-electron chi connectivity index (χ2n) is 4.31. The van der Waals surface area contributed by atoms with Gasteiger partial charge in [-0.1, -0.05) is 18.2 Å². The molecule has 3 nitrogen and oxygen atoms in total. The molecule has 0 aliphatic carbocycles. The summed E-state index contributed by atoms with van der Waals surface area (Å²) in [6.07, 6.45) is 1.02. The Balaban J connectivity index is 1.80. The van der Waals surface area contributed by atoms with E-state index in [9.17, 15) is 4.79 Å². The van der Waals surface area contributed by atoms with Crippen LogP contribution in [0.3, 0.4) is 0 Å². The first-order valence-electron chi connectivity index (χ1n) is 5.83. The number of fused-ring (bicyclic) bond motifs is 1. The number of nitrogens with one attached hydrogen (secondary N) is 2. The quantitative estimate of drug-likeness (QED) is 0.851. The molecule has 3 rings (SSSR count). The third-order valence-electron chi connectivity index (χ3n) is 3.04. The highest BCUT2D eigenvalue weighted by atomic mass is 32.1. The lowest BCUT2D eigenvalue weighted by Crippen LogP contribution is -2.35. The van der Waals surface area contributed by atoms with E-state index in [2.05, 4.69) is 10.6 Å². The molecule has 1 amide bonds. The van der Waals surface area contributed by atoms with E-state index in [1.54, 1.807) is 11.3 Å². The maximum Gasteiger partial charge on any atom is 0.261 e. The second-order valence-corrected chi connectivity index (χ2v) is 5.40. The average Bonchev–Trinajstić information content (AvgIpc) is 2.96. The van der Waals surface area contributed by atoms with Crippen molar-refractivity contribution in [3.05, 3.63) is 35.2 Å². The average molecular weight is 246 g/mol. The van der Waals surface area contributed by atoms with Crippen molar-refractivity contribution in [2.75, 3.05) is 13.1 Å². The molecule has 17 heavy (non-hydrogen) atoms. The summed E-state index contributed by atoms with van der Waals surface area (Å²) in [7, 11) is 0. The third-order valence-corrected chi connectivity index (χ3v) is 4.16. The Bertz CT molecular complexity index is 510. The molecule has 1 aromatic carbocycles. The van der Waals surface area contributed by atoms with Gasteiger partial charge in [0.2, 0.25) is 0 Å². The highest BCUT2D eigenvalue weighted by molar-refractivity contribution is 7.20. The molecular weight excluding hydrogens is 232 g/mol.